The number of anilines is 1. The summed E-state index contributed by atoms with van der Waals surface area (Å²) in [5.74, 6) is 1.12. The molecule has 0 bridgehead atoms. The number of amides is 1. The van der Waals surface area contributed by atoms with Crippen LogP contribution in [-0.4, -0.2) is 80.7 Å². The maximum Gasteiger partial charge on any atom is 0.530 e. The number of hydrogen-bond donors (Lipinski definition) is 2. The lowest BCUT2D eigenvalue weighted by molar-refractivity contribution is -0.0943. The first-order valence-electron chi connectivity index (χ1n) is 23.8. The number of imidazole rings is 1. The van der Waals surface area contributed by atoms with Crippen molar-refractivity contribution in [1.82, 2.24) is 29.1 Å². The van der Waals surface area contributed by atoms with Gasteiger partial charge in [-0.2, -0.15) is 0 Å². The Morgan fingerprint density at radius 1 is 0.800 bits per heavy atom. The van der Waals surface area contributed by atoms with E-state index in [0.29, 0.717) is 34.6 Å². The first kappa shape index (κ1) is 51.0. The third-order valence-electron chi connectivity index (χ3n) is 12.9. The molecule has 2 saturated heterocycles. The number of phosphoric acid groups is 1. The Kier molecular flexibility index (Phi) is 15.1. The van der Waals surface area contributed by atoms with Crippen LogP contribution in [0.25, 0.3) is 11.2 Å². The number of benzene rings is 5. The fourth-order valence-electron chi connectivity index (χ4n) is 9.05. The lowest BCUT2D eigenvalue weighted by atomic mass is 9.80. The second-order valence-electron chi connectivity index (χ2n) is 17.5. The molecule has 19 nitrogen and oxygen atoms in total. The van der Waals surface area contributed by atoms with Crippen molar-refractivity contribution in [3.63, 3.8) is 0 Å². The van der Waals surface area contributed by atoms with E-state index in [4.69, 9.17) is 48.9 Å². The highest BCUT2D eigenvalue weighted by atomic mass is 35.5. The van der Waals surface area contributed by atoms with Crippen molar-refractivity contribution in [1.29, 1.82) is 0 Å². The van der Waals surface area contributed by atoms with Crippen LogP contribution in [0.4, 0.5) is 5.82 Å². The Labute approximate surface area is 434 Å². The standard InChI is InChI=1S/C54H50ClN7O12P/c1-34-29-61(53(65)60-51(34)63)47-28-44(45(72-47)31-69-54(36-14-8-5-9-15-36,37-18-22-39(67-2)23-19-37)38-20-24-40(68-3)25-21-38)74-75(66,73-43-17-11-10-16-42(43)55)70-30-41-26-27-46(71-41)62-33-58-48-49(56-32-57-50(48)62)59-52(64)35-12-6-4-7-13-35/h4-26,29,32-33,41,44-47H,27-28,30-31H2,1-3H3,(H,60,63,65)(H,56,57,59,64)/t41-,44+,45-,46-,47-,75?/m1/s1. The highest BCUT2D eigenvalue weighted by Gasteiger charge is 2.47. The highest BCUT2D eigenvalue weighted by Crippen LogP contribution is 2.55. The number of methoxy groups -OCH3 is 2. The van der Waals surface area contributed by atoms with Crippen molar-refractivity contribution >= 4 is 42.3 Å². The quantitative estimate of drug-likeness (QED) is 0.0570. The van der Waals surface area contributed by atoms with E-state index in [-0.39, 0.29) is 47.7 Å². The predicted octanol–water partition coefficient (Wildman–Crippen LogP) is 8.98. The SMILES string of the molecule is COc1ccc(C(OC[C@H]2O[C@@H](n3cc(C)c(=O)[nH]c3=O)C[C@@H]2OP(=O)(OC[C@H]2[CH]C[C@H](n3cnc4c(NC(=O)c5ccccc5)ncnc43)O2)Oc2ccccc2Cl)(c2ccccc2)c2ccc(OC)cc2)cc1. The van der Waals surface area contributed by atoms with Gasteiger partial charge in [0.2, 0.25) is 0 Å². The van der Waals surface area contributed by atoms with Gasteiger partial charge in [-0.05, 0) is 85.0 Å². The second kappa shape index (κ2) is 22.2. The van der Waals surface area contributed by atoms with E-state index >= 15 is 4.57 Å². The zero-order valence-electron chi connectivity index (χ0n) is 40.7. The number of aryl methyl sites for hydroxylation is 1. The van der Waals surface area contributed by atoms with Crippen molar-refractivity contribution in [2.75, 3.05) is 32.8 Å². The molecule has 6 atom stereocenters. The largest absolute Gasteiger partial charge is 0.530 e. The number of phosphoric ester groups is 1. The average molecular weight is 1060 g/mol. The van der Waals surface area contributed by atoms with Gasteiger partial charge < -0.3 is 33.5 Å². The maximum atomic E-state index is 15.4. The molecule has 75 heavy (non-hydrogen) atoms. The predicted molar refractivity (Wildman–Crippen MR) is 276 cm³/mol. The summed E-state index contributed by atoms with van der Waals surface area (Å²) in [5, 5.41) is 2.94. The number of aromatic amines is 1. The third-order valence-corrected chi connectivity index (χ3v) is 14.6. The molecule has 0 spiro atoms. The van der Waals surface area contributed by atoms with E-state index in [9.17, 15) is 14.4 Å². The van der Waals surface area contributed by atoms with Crippen LogP contribution in [0.5, 0.6) is 17.2 Å². The maximum absolute atomic E-state index is 15.4. The lowest BCUT2D eigenvalue weighted by Gasteiger charge is -2.37. The minimum absolute atomic E-state index is 0.00859. The van der Waals surface area contributed by atoms with Gasteiger partial charge in [0.15, 0.2) is 17.0 Å². The Morgan fingerprint density at radius 3 is 2.13 bits per heavy atom. The van der Waals surface area contributed by atoms with Crippen LogP contribution in [0.2, 0.25) is 5.02 Å². The molecule has 21 heteroatoms. The van der Waals surface area contributed by atoms with Gasteiger partial charge in [-0.3, -0.25) is 32.8 Å². The lowest BCUT2D eigenvalue weighted by Crippen LogP contribution is -2.38. The normalized spacial score (nSPS) is 19.4. The van der Waals surface area contributed by atoms with E-state index in [1.807, 2.05) is 91.3 Å². The first-order chi connectivity index (χ1) is 36.4. The molecule has 385 valence electrons. The highest BCUT2D eigenvalue weighted by molar-refractivity contribution is 7.49. The average Bonchev–Trinajstić information content (AvgIpc) is 4.20. The molecular formula is C54H50ClN7O12P. The molecular weight excluding hydrogens is 1010 g/mol. The Morgan fingerprint density at radius 2 is 1.45 bits per heavy atom. The Bertz CT molecular complexity index is 3410. The van der Waals surface area contributed by atoms with Gasteiger partial charge in [0.1, 0.15) is 53.8 Å². The summed E-state index contributed by atoms with van der Waals surface area (Å²) in [7, 11) is -1.58. The summed E-state index contributed by atoms with van der Waals surface area (Å²) < 4.78 is 68.6. The smallest absolute Gasteiger partial charge is 0.497 e. The van der Waals surface area contributed by atoms with E-state index in [1.54, 1.807) is 68.2 Å². The summed E-state index contributed by atoms with van der Waals surface area (Å²) in [6.45, 7) is 1.02. The van der Waals surface area contributed by atoms with Crippen molar-refractivity contribution in [2.24, 2.45) is 0 Å². The van der Waals surface area contributed by atoms with Crippen LogP contribution in [0.15, 0.2) is 162 Å². The monoisotopic (exact) mass is 1050 g/mol. The van der Waals surface area contributed by atoms with Crippen LogP contribution in [-0.2, 0) is 33.4 Å². The van der Waals surface area contributed by atoms with Crippen LogP contribution < -0.4 is 30.6 Å². The molecule has 1 radical (unpaired) electrons. The molecule has 2 N–H and O–H groups in total. The van der Waals surface area contributed by atoms with Gasteiger partial charge in [-0.15, -0.1) is 0 Å². The number of fused-ring (bicyclic) bond motifs is 1. The number of hydrogen-bond acceptors (Lipinski definition) is 15. The molecule has 2 aliphatic rings. The number of rotatable bonds is 19. The minimum Gasteiger partial charge on any atom is -0.497 e. The van der Waals surface area contributed by atoms with E-state index in [2.05, 4.69) is 25.3 Å². The Balaban J connectivity index is 0.953. The number of nitrogens with zero attached hydrogens (tertiary/aromatic N) is 5. The molecule has 2 aliphatic heterocycles. The number of halogens is 1. The van der Waals surface area contributed by atoms with Crippen molar-refractivity contribution in [3.8, 4) is 17.2 Å². The van der Waals surface area contributed by atoms with Crippen molar-refractivity contribution in [2.45, 2.75) is 56.1 Å². The van der Waals surface area contributed by atoms with Crippen molar-refractivity contribution in [3.05, 3.63) is 212 Å². The molecule has 2 fully saturated rings. The molecule has 3 aromatic heterocycles. The summed E-state index contributed by atoms with van der Waals surface area (Å²) in [6, 6.07) is 39.7. The van der Waals surface area contributed by atoms with Crippen LogP contribution in [0, 0.1) is 13.3 Å². The second-order valence-corrected chi connectivity index (χ2v) is 19.5. The number of aromatic nitrogens is 6. The molecule has 1 unspecified atom stereocenters. The topological polar surface area (TPSA) is 218 Å². The number of para-hydroxylation sites is 1. The molecule has 10 rings (SSSR count). The number of carbonyl (C=O) groups excluding carboxylic acids is 1. The summed E-state index contributed by atoms with van der Waals surface area (Å²) in [5.41, 5.74) is 1.07. The Hall–Kier alpha value is -7.48. The van der Waals surface area contributed by atoms with E-state index in [1.165, 1.54) is 29.5 Å². The van der Waals surface area contributed by atoms with Crippen LogP contribution >= 0.6 is 19.4 Å². The molecule has 5 aromatic carbocycles. The number of ether oxygens (including phenoxy) is 5. The molecule has 5 heterocycles. The van der Waals surface area contributed by atoms with E-state index in [0.717, 1.165) is 16.7 Å². The van der Waals surface area contributed by atoms with Crippen LogP contribution in [0.3, 0.4) is 0 Å². The fraction of sp³-hybridized carbons (Fsp3) is 0.241. The number of nitrogens with one attached hydrogen (secondary N) is 2. The first-order valence-corrected chi connectivity index (χ1v) is 25.6. The number of H-pyrrole nitrogens is 1. The molecule has 0 aliphatic carbocycles. The van der Waals surface area contributed by atoms with Gasteiger partial charge in [0.05, 0.1) is 44.9 Å². The van der Waals surface area contributed by atoms with E-state index < -0.39 is 55.4 Å². The van der Waals surface area contributed by atoms with Gasteiger partial charge in [0, 0.05) is 23.7 Å². The zero-order chi connectivity index (χ0) is 52.1. The third kappa shape index (κ3) is 10.9. The summed E-state index contributed by atoms with van der Waals surface area (Å²) in [4.78, 5) is 54.6. The zero-order valence-corrected chi connectivity index (χ0v) is 42.3. The van der Waals surface area contributed by atoms with Gasteiger partial charge in [-0.1, -0.05) is 96.5 Å². The summed E-state index contributed by atoms with van der Waals surface area (Å²) in [6.07, 6.45) is 1.71. The fourth-order valence-corrected chi connectivity index (χ4v) is 10.7. The minimum atomic E-state index is -4.75. The molecule has 1 amide bonds. The molecule has 0 saturated carbocycles. The van der Waals surface area contributed by atoms with Gasteiger partial charge in [0.25, 0.3) is 11.5 Å². The van der Waals surface area contributed by atoms with Crippen LogP contribution in [0.1, 0.15) is 57.9 Å². The van der Waals surface area contributed by atoms with Crippen molar-refractivity contribution < 1.29 is 46.6 Å². The number of carbonyl (C=O) groups is 1. The van der Waals surface area contributed by atoms with Gasteiger partial charge >= 0.3 is 13.5 Å². The van der Waals surface area contributed by atoms with Gasteiger partial charge in [-0.25, -0.2) is 24.3 Å². The summed E-state index contributed by atoms with van der Waals surface area (Å²) >= 11 is 6.60. The molecule has 8 aromatic rings.